The van der Waals surface area contributed by atoms with Gasteiger partial charge in [-0.3, -0.25) is 0 Å². The molecular weight excluding hydrogens is 207 g/mol. The van der Waals surface area contributed by atoms with Gasteiger partial charge in [0, 0.05) is 19.8 Å². The van der Waals surface area contributed by atoms with E-state index in [9.17, 15) is 13.2 Å². The summed E-state index contributed by atoms with van der Waals surface area (Å²) in [4.78, 5) is 1.39. The molecular formula is C10H12F3NO. The van der Waals surface area contributed by atoms with Crippen LogP contribution in [0.15, 0.2) is 18.2 Å². The van der Waals surface area contributed by atoms with Gasteiger partial charge in [0.2, 0.25) is 0 Å². The number of halogens is 3. The molecule has 0 atom stereocenters. The number of hydrogen-bond donors (Lipinski definition) is 1. The topological polar surface area (TPSA) is 23.5 Å². The number of anilines is 1. The predicted octanol–water partition coefficient (Wildman–Crippen LogP) is 2.26. The highest BCUT2D eigenvalue weighted by molar-refractivity contribution is 5.55. The van der Waals surface area contributed by atoms with Crippen molar-refractivity contribution in [2.45, 2.75) is 12.8 Å². The monoisotopic (exact) mass is 219 g/mol. The Morgan fingerprint density at radius 2 is 1.87 bits per heavy atom. The van der Waals surface area contributed by atoms with E-state index in [1.165, 1.54) is 17.0 Å². The van der Waals surface area contributed by atoms with Crippen LogP contribution in [0.1, 0.15) is 11.1 Å². The second kappa shape index (κ2) is 4.10. The fourth-order valence-corrected chi connectivity index (χ4v) is 1.30. The van der Waals surface area contributed by atoms with Gasteiger partial charge in [0.1, 0.15) is 0 Å². The fourth-order valence-electron chi connectivity index (χ4n) is 1.30. The van der Waals surface area contributed by atoms with E-state index in [0.29, 0.717) is 0 Å². The minimum atomic E-state index is -4.40. The molecule has 2 nitrogen and oxygen atoms in total. The summed E-state index contributed by atoms with van der Waals surface area (Å²) in [5, 5.41) is 8.78. The molecule has 0 aliphatic rings. The van der Waals surface area contributed by atoms with Crippen LogP contribution in [0.3, 0.4) is 0 Å². The third kappa shape index (κ3) is 2.62. The van der Waals surface area contributed by atoms with E-state index in [2.05, 4.69) is 0 Å². The van der Waals surface area contributed by atoms with Gasteiger partial charge in [0.15, 0.2) is 0 Å². The van der Waals surface area contributed by atoms with Gasteiger partial charge in [-0.05, 0) is 17.7 Å². The lowest BCUT2D eigenvalue weighted by atomic mass is 10.1. The lowest BCUT2D eigenvalue weighted by Crippen LogP contribution is -2.16. The molecule has 1 aromatic carbocycles. The predicted molar refractivity (Wildman–Crippen MR) is 51.7 cm³/mol. The molecule has 1 rings (SSSR count). The van der Waals surface area contributed by atoms with Crippen molar-refractivity contribution in [3.8, 4) is 0 Å². The molecule has 84 valence electrons. The van der Waals surface area contributed by atoms with Gasteiger partial charge in [-0.2, -0.15) is 13.2 Å². The molecule has 0 spiro atoms. The highest BCUT2D eigenvalue weighted by Crippen LogP contribution is 2.36. The molecule has 0 aliphatic heterocycles. The van der Waals surface area contributed by atoms with E-state index in [0.717, 1.165) is 6.07 Å². The molecule has 0 saturated heterocycles. The molecule has 1 N–H and O–H groups in total. The maximum absolute atomic E-state index is 12.6. The van der Waals surface area contributed by atoms with Gasteiger partial charge in [0.05, 0.1) is 12.2 Å². The zero-order valence-corrected chi connectivity index (χ0v) is 8.47. The first-order valence-corrected chi connectivity index (χ1v) is 4.34. The SMILES string of the molecule is CN(C)c1ccc(CO)cc1C(F)(F)F. The van der Waals surface area contributed by atoms with Gasteiger partial charge >= 0.3 is 6.18 Å². The molecule has 0 aliphatic carbocycles. The van der Waals surface area contributed by atoms with E-state index < -0.39 is 18.3 Å². The average molecular weight is 219 g/mol. The maximum Gasteiger partial charge on any atom is 0.418 e. The van der Waals surface area contributed by atoms with Crippen LogP contribution < -0.4 is 4.90 Å². The van der Waals surface area contributed by atoms with E-state index in [4.69, 9.17) is 5.11 Å². The molecule has 0 heterocycles. The summed E-state index contributed by atoms with van der Waals surface area (Å²) in [5.74, 6) is 0. The number of hydrogen-bond acceptors (Lipinski definition) is 2. The molecule has 0 saturated carbocycles. The average Bonchev–Trinajstić information content (AvgIpc) is 2.15. The molecule has 0 bridgehead atoms. The third-order valence-corrected chi connectivity index (χ3v) is 2.03. The second-order valence-electron chi connectivity index (χ2n) is 3.40. The number of nitrogens with zero attached hydrogens (tertiary/aromatic N) is 1. The van der Waals surface area contributed by atoms with Crippen LogP contribution in [-0.4, -0.2) is 19.2 Å². The van der Waals surface area contributed by atoms with Crippen molar-refractivity contribution < 1.29 is 18.3 Å². The van der Waals surface area contributed by atoms with Gasteiger partial charge in [0.25, 0.3) is 0 Å². The Morgan fingerprint density at radius 3 is 2.27 bits per heavy atom. The minimum Gasteiger partial charge on any atom is -0.392 e. The van der Waals surface area contributed by atoms with Crippen molar-refractivity contribution >= 4 is 5.69 Å². The first-order chi connectivity index (χ1) is 6.86. The molecule has 0 fully saturated rings. The van der Waals surface area contributed by atoms with Crippen LogP contribution in [-0.2, 0) is 12.8 Å². The summed E-state index contributed by atoms with van der Waals surface area (Å²) in [6.07, 6.45) is -4.40. The summed E-state index contributed by atoms with van der Waals surface area (Å²) in [6, 6.07) is 3.80. The number of rotatable bonds is 2. The van der Waals surface area contributed by atoms with Gasteiger partial charge in [-0.1, -0.05) is 6.07 Å². The van der Waals surface area contributed by atoms with Crippen molar-refractivity contribution in [1.82, 2.24) is 0 Å². The first kappa shape index (κ1) is 11.8. The molecule has 0 unspecified atom stereocenters. The van der Waals surface area contributed by atoms with Crippen molar-refractivity contribution in [1.29, 1.82) is 0 Å². The number of benzene rings is 1. The fraction of sp³-hybridized carbons (Fsp3) is 0.400. The zero-order valence-electron chi connectivity index (χ0n) is 8.47. The normalized spacial score (nSPS) is 11.6. The zero-order chi connectivity index (χ0) is 11.6. The minimum absolute atomic E-state index is 0.0969. The summed E-state index contributed by atoms with van der Waals surface area (Å²) in [5.41, 5.74) is -0.369. The van der Waals surface area contributed by atoms with E-state index >= 15 is 0 Å². The Balaban J connectivity index is 3.29. The largest absolute Gasteiger partial charge is 0.418 e. The van der Waals surface area contributed by atoms with Crippen molar-refractivity contribution in [3.63, 3.8) is 0 Å². The lowest BCUT2D eigenvalue weighted by molar-refractivity contribution is -0.137. The summed E-state index contributed by atoms with van der Waals surface area (Å²) in [6.45, 7) is -0.392. The summed E-state index contributed by atoms with van der Waals surface area (Å²) in [7, 11) is 3.09. The van der Waals surface area contributed by atoms with Gasteiger partial charge in [-0.15, -0.1) is 0 Å². The number of alkyl halides is 3. The molecule has 0 radical (unpaired) electrons. The second-order valence-corrected chi connectivity index (χ2v) is 3.40. The highest BCUT2D eigenvalue weighted by atomic mass is 19.4. The lowest BCUT2D eigenvalue weighted by Gasteiger charge is -2.19. The van der Waals surface area contributed by atoms with Crippen molar-refractivity contribution in [3.05, 3.63) is 29.3 Å². The third-order valence-electron chi connectivity index (χ3n) is 2.03. The summed E-state index contributed by atoms with van der Waals surface area (Å²) < 4.78 is 37.9. The van der Waals surface area contributed by atoms with Gasteiger partial charge < -0.3 is 10.0 Å². The Morgan fingerprint density at radius 1 is 1.27 bits per heavy atom. The van der Waals surface area contributed by atoms with Crippen LogP contribution in [0.2, 0.25) is 0 Å². The summed E-state index contributed by atoms with van der Waals surface area (Å²) >= 11 is 0. The van der Waals surface area contributed by atoms with Crippen LogP contribution in [0.5, 0.6) is 0 Å². The van der Waals surface area contributed by atoms with E-state index in [-0.39, 0.29) is 11.3 Å². The molecule has 0 amide bonds. The Hall–Kier alpha value is -1.23. The smallest absolute Gasteiger partial charge is 0.392 e. The Bertz CT molecular complexity index is 347. The molecule has 15 heavy (non-hydrogen) atoms. The highest BCUT2D eigenvalue weighted by Gasteiger charge is 2.34. The molecule has 0 aromatic heterocycles. The number of aliphatic hydroxyl groups excluding tert-OH is 1. The molecule has 5 heteroatoms. The van der Waals surface area contributed by atoms with Crippen molar-refractivity contribution in [2.24, 2.45) is 0 Å². The Labute approximate surface area is 85.9 Å². The first-order valence-electron chi connectivity index (χ1n) is 4.34. The van der Waals surface area contributed by atoms with Crippen molar-refractivity contribution in [2.75, 3.05) is 19.0 Å². The maximum atomic E-state index is 12.6. The van der Waals surface area contributed by atoms with Crippen LogP contribution in [0.4, 0.5) is 18.9 Å². The standard InChI is InChI=1S/C10H12F3NO/c1-14(2)9-4-3-7(6-15)5-8(9)10(11,12)13/h3-5,15H,6H2,1-2H3. The van der Waals surface area contributed by atoms with Crippen LogP contribution in [0.25, 0.3) is 0 Å². The van der Waals surface area contributed by atoms with Gasteiger partial charge in [-0.25, -0.2) is 0 Å². The van der Waals surface area contributed by atoms with Crippen LogP contribution >= 0.6 is 0 Å². The van der Waals surface area contributed by atoms with E-state index in [1.54, 1.807) is 14.1 Å². The number of aliphatic hydroxyl groups is 1. The molecule has 1 aromatic rings. The Kier molecular flexibility index (Phi) is 3.24. The van der Waals surface area contributed by atoms with E-state index in [1.807, 2.05) is 0 Å². The van der Waals surface area contributed by atoms with Crippen LogP contribution in [0, 0.1) is 0 Å². The quantitative estimate of drug-likeness (QED) is 0.824.